The molecule has 7 heteroatoms. The van der Waals surface area contributed by atoms with Crippen molar-refractivity contribution in [3.63, 3.8) is 0 Å². The maximum absolute atomic E-state index is 11.4. The Morgan fingerprint density at radius 1 is 1.67 bits per heavy atom. The number of carboxylic acid groups (broad SMARTS) is 1. The van der Waals surface area contributed by atoms with Gasteiger partial charge in [-0.25, -0.2) is 4.79 Å². The largest absolute Gasteiger partial charge is 0.480 e. The van der Waals surface area contributed by atoms with E-state index in [1.54, 1.807) is 19.3 Å². The van der Waals surface area contributed by atoms with E-state index >= 15 is 0 Å². The van der Waals surface area contributed by atoms with Crippen molar-refractivity contribution in [3.8, 4) is 0 Å². The van der Waals surface area contributed by atoms with Crippen molar-refractivity contribution in [3.05, 3.63) is 12.3 Å². The van der Waals surface area contributed by atoms with Crippen LogP contribution in [-0.2, 0) is 11.8 Å². The van der Waals surface area contributed by atoms with Gasteiger partial charge in [0.2, 0.25) is 0 Å². The molecule has 0 aliphatic heterocycles. The first-order valence-electron chi connectivity index (χ1n) is 4.22. The molecule has 82 valence electrons. The van der Waals surface area contributed by atoms with Crippen molar-refractivity contribution in [2.75, 3.05) is 18.9 Å². The Hall–Kier alpha value is -2.05. The molecule has 2 N–H and O–H groups in total. The summed E-state index contributed by atoms with van der Waals surface area (Å²) in [6.45, 7) is -0.349. The van der Waals surface area contributed by atoms with Crippen LogP contribution >= 0.6 is 0 Å². The first kappa shape index (κ1) is 11.0. The topological polar surface area (TPSA) is 87.5 Å². The van der Waals surface area contributed by atoms with Crippen LogP contribution in [0.5, 0.6) is 0 Å². The van der Waals surface area contributed by atoms with E-state index in [0.717, 1.165) is 4.90 Å². The average molecular weight is 212 g/mol. The summed E-state index contributed by atoms with van der Waals surface area (Å²) in [6.07, 6.45) is 1.67. The number of nitrogens with one attached hydrogen (secondary N) is 1. The molecule has 1 heterocycles. The highest BCUT2D eigenvalue weighted by atomic mass is 16.4. The van der Waals surface area contributed by atoms with Gasteiger partial charge in [0.05, 0.1) is 0 Å². The number of hydrogen-bond acceptors (Lipinski definition) is 3. The predicted octanol–water partition coefficient (Wildman–Crippen LogP) is -0.0316. The summed E-state index contributed by atoms with van der Waals surface area (Å²) in [6, 6.07) is 1.11. The molecule has 0 fully saturated rings. The highest BCUT2D eigenvalue weighted by molar-refractivity contribution is 5.90. The molecular weight excluding hydrogens is 200 g/mol. The van der Waals surface area contributed by atoms with Gasteiger partial charge in [-0.2, -0.15) is 5.10 Å². The Kier molecular flexibility index (Phi) is 3.27. The van der Waals surface area contributed by atoms with Crippen molar-refractivity contribution in [2.24, 2.45) is 7.05 Å². The van der Waals surface area contributed by atoms with Crippen LogP contribution in [0.2, 0.25) is 0 Å². The lowest BCUT2D eigenvalue weighted by Gasteiger charge is -2.13. The van der Waals surface area contributed by atoms with Gasteiger partial charge < -0.3 is 10.0 Å². The molecule has 2 amide bonds. The number of carbonyl (C=O) groups excluding carboxylic acids is 1. The molecule has 15 heavy (non-hydrogen) atoms. The number of aromatic nitrogens is 2. The smallest absolute Gasteiger partial charge is 0.323 e. The zero-order valence-electron chi connectivity index (χ0n) is 8.47. The number of aliphatic carboxylic acids is 1. The van der Waals surface area contributed by atoms with Crippen LogP contribution in [0.15, 0.2) is 12.3 Å². The van der Waals surface area contributed by atoms with E-state index in [4.69, 9.17) is 5.11 Å². The number of anilines is 1. The molecule has 1 aromatic rings. The number of amides is 2. The molecule has 0 atom stereocenters. The molecule has 0 radical (unpaired) electrons. The third-order valence-electron chi connectivity index (χ3n) is 1.67. The van der Waals surface area contributed by atoms with Gasteiger partial charge in [0, 0.05) is 26.4 Å². The van der Waals surface area contributed by atoms with Gasteiger partial charge in [-0.1, -0.05) is 0 Å². The second kappa shape index (κ2) is 4.45. The van der Waals surface area contributed by atoms with Gasteiger partial charge in [0.15, 0.2) is 5.82 Å². The van der Waals surface area contributed by atoms with E-state index in [0.29, 0.717) is 5.82 Å². The number of carboxylic acids is 1. The first-order valence-corrected chi connectivity index (χ1v) is 4.22. The quantitative estimate of drug-likeness (QED) is 0.736. The summed E-state index contributed by atoms with van der Waals surface area (Å²) in [5.74, 6) is -0.673. The SMILES string of the molecule is CN(CC(=O)O)C(=O)Nc1ccn(C)n1. The van der Waals surface area contributed by atoms with Gasteiger partial charge in [-0.15, -0.1) is 0 Å². The van der Waals surface area contributed by atoms with E-state index in [2.05, 4.69) is 10.4 Å². The van der Waals surface area contributed by atoms with Crippen LogP contribution in [-0.4, -0.2) is 45.4 Å². The number of hydrogen-bond donors (Lipinski definition) is 2. The van der Waals surface area contributed by atoms with Gasteiger partial charge >= 0.3 is 12.0 Å². The second-order valence-electron chi connectivity index (χ2n) is 3.05. The molecule has 1 rings (SSSR count). The highest BCUT2D eigenvalue weighted by Crippen LogP contribution is 2.01. The fraction of sp³-hybridized carbons (Fsp3) is 0.375. The van der Waals surface area contributed by atoms with E-state index in [1.165, 1.54) is 11.7 Å². The molecule has 0 aliphatic carbocycles. The maximum Gasteiger partial charge on any atom is 0.323 e. The summed E-state index contributed by atoms with van der Waals surface area (Å²) >= 11 is 0. The van der Waals surface area contributed by atoms with Gasteiger partial charge in [0.1, 0.15) is 6.54 Å². The number of nitrogens with zero attached hydrogens (tertiary/aromatic N) is 3. The number of urea groups is 1. The summed E-state index contributed by atoms with van der Waals surface area (Å²) < 4.78 is 1.53. The van der Waals surface area contributed by atoms with Crippen LogP contribution in [0, 0.1) is 0 Å². The fourth-order valence-electron chi connectivity index (χ4n) is 0.961. The molecule has 0 aliphatic rings. The molecule has 0 spiro atoms. The van der Waals surface area contributed by atoms with Crippen LogP contribution < -0.4 is 5.32 Å². The minimum Gasteiger partial charge on any atom is -0.480 e. The van der Waals surface area contributed by atoms with Gasteiger partial charge in [-0.05, 0) is 0 Å². The Labute approximate surface area is 86.3 Å². The summed E-state index contributed by atoms with van der Waals surface area (Å²) in [7, 11) is 3.11. The summed E-state index contributed by atoms with van der Waals surface area (Å²) in [5.41, 5.74) is 0. The van der Waals surface area contributed by atoms with Gasteiger partial charge in [0.25, 0.3) is 0 Å². The van der Waals surface area contributed by atoms with Crippen molar-refractivity contribution in [1.82, 2.24) is 14.7 Å². The molecule has 0 unspecified atom stereocenters. The number of carbonyl (C=O) groups is 2. The van der Waals surface area contributed by atoms with Crippen molar-refractivity contribution < 1.29 is 14.7 Å². The van der Waals surface area contributed by atoms with E-state index in [1.807, 2.05) is 0 Å². The Balaban J connectivity index is 2.52. The summed E-state index contributed by atoms with van der Waals surface area (Å²) in [5, 5.41) is 14.8. The third-order valence-corrected chi connectivity index (χ3v) is 1.67. The second-order valence-corrected chi connectivity index (χ2v) is 3.05. The maximum atomic E-state index is 11.4. The zero-order chi connectivity index (χ0) is 11.4. The van der Waals surface area contributed by atoms with Crippen LogP contribution in [0.4, 0.5) is 10.6 Å². The van der Waals surface area contributed by atoms with Gasteiger partial charge in [-0.3, -0.25) is 14.8 Å². The lowest BCUT2D eigenvalue weighted by molar-refractivity contribution is -0.137. The van der Waals surface area contributed by atoms with Crippen LogP contribution in [0.1, 0.15) is 0 Å². The lowest BCUT2D eigenvalue weighted by Crippen LogP contribution is -2.35. The molecule has 1 aromatic heterocycles. The third kappa shape index (κ3) is 3.29. The first-order chi connectivity index (χ1) is 6.99. The van der Waals surface area contributed by atoms with Crippen molar-refractivity contribution in [2.45, 2.75) is 0 Å². The molecular formula is C8H12N4O3. The molecule has 0 aromatic carbocycles. The molecule has 0 bridgehead atoms. The Morgan fingerprint density at radius 2 is 2.33 bits per heavy atom. The number of likely N-dealkylation sites (N-methyl/N-ethyl adjacent to an activating group) is 1. The normalized spacial score (nSPS) is 9.73. The standard InChI is InChI=1S/C8H12N4O3/c1-11(5-7(13)14)8(15)9-6-3-4-12(2)10-6/h3-4H,5H2,1-2H3,(H,13,14)(H,9,10,15). The number of aryl methyl sites for hydroxylation is 1. The van der Waals surface area contributed by atoms with Crippen LogP contribution in [0.3, 0.4) is 0 Å². The lowest BCUT2D eigenvalue weighted by atomic mass is 10.5. The molecule has 0 saturated heterocycles. The number of rotatable bonds is 3. The highest BCUT2D eigenvalue weighted by Gasteiger charge is 2.12. The molecule has 7 nitrogen and oxygen atoms in total. The minimum atomic E-state index is -1.06. The van der Waals surface area contributed by atoms with Crippen LogP contribution in [0.25, 0.3) is 0 Å². The Morgan fingerprint density at radius 3 is 2.80 bits per heavy atom. The van der Waals surface area contributed by atoms with E-state index in [9.17, 15) is 9.59 Å². The van der Waals surface area contributed by atoms with Crippen molar-refractivity contribution in [1.29, 1.82) is 0 Å². The van der Waals surface area contributed by atoms with E-state index in [-0.39, 0.29) is 6.54 Å². The predicted molar refractivity (Wildman–Crippen MR) is 52.5 cm³/mol. The van der Waals surface area contributed by atoms with E-state index < -0.39 is 12.0 Å². The van der Waals surface area contributed by atoms with Crippen molar-refractivity contribution >= 4 is 17.8 Å². The summed E-state index contributed by atoms with van der Waals surface area (Å²) in [4.78, 5) is 22.7. The Bertz CT molecular complexity index is 374. The minimum absolute atomic E-state index is 0.349. The monoisotopic (exact) mass is 212 g/mol. The fourth-order valence-corrected chi connectivity index (χ4v) is 0.961. The zero-order valence-corrected chi connectivity index (χ0v) is 8.47. The average Bonchev–Trinajstić information content (AvgIpc) is 2.50. The molecule has 0 saturated carbocycles.